The predicted octanol–water partition coefficient (Wildman–Crippen LogP) is 4.04. The lowest BCUT2D eigenvalue weighted by Gasteiger charge is -2.17. The molecule has 126 valence electrons. The molecule has 0 unspecified atom stereocenters. The van der Waals surface area contributed by atoms with Crippen LogP contribution in [-0.4, -0.2) is 19.6 Å². The monoisotopic (exact) mass is 350 g/mol. The van der Waals surface area contributed by atoms with Gasteiger partial charge in [0.05, 0.1) is 5.39 Å². The molecular weight excluding hydrogens is 332 g/mol. The fourth-order valence-corrected chi connectivity index (χ4v) is 4.85. The molecule has 1 atom stereocenters. The Morgan fingerprint density at radius 3 is 3.04 bits per heavy atom. The molecule has 1 aliphatic rings. The van der Waals surface area contributed by atoms with Crippen LogP contribution in [0.3, 0.4) is 0 Å². The van der Waals surface area contributed by atoms with Crippen LogP contribution in [0.15, 0.2) is 36.7 Å². The second-order valence-electron chi connectivity index (χ2n) is 6.67. The highest BCUT2D eigenvalue weighted by molar-refractivity contribution is 7.19. The summed E-state index contributed by atoms with van der Waals surface area (Å²) in [6.07, 6.45) is 5.27. The number of hydrogen-bond donors (Lipinski definition) is 0. The molecule has 1 aliphatic carbocycles. The molecule has 0 N–H and O–H groups in total. The minimum atomic E-state index is 0.358. The van der Waals surface area contributed by atoms with E-state index < -0.39 is 0 Å². The van der Waals surface area contributed by atoms with Gasteiger partial charge in [0.2, 0.25) is 0 Å². The van der Waals surface area contributed by atoms with E-state index in [-0.39, 0.29) is 0 Å². The standard InChI is InChI=1S/C19H18N4OS/c1-12-7-8-14-15(9-12)25-19-17(14)18-21-16(22-23(18)11-20-19)10-24-13-5-3-2-4-6-13/h2-6,11-12H,7-10H2,1H3/t12-/m1/s1. The molecule has 4 aromatic rings. The topological polar surface area (TPSA) is 52.3 Å². The van der Waals surface area contributed by atoms with E-state index in [0.717, 1.165) is 35.0 Å². The first kappa shape index (κ1) is 14.8. The third-order valence-corrected chi connectivity index (χ3v) is 5.95. The van der Waals surface area contributed by atoms with Crippen LogP contribution in [0.4, 0.5) is 0 Å². The van der Waals surface area contributed by atoms with Crippen molar-refractivity contribution in [1.29, 1.82) is 0 Å². The maximum atomic E-state index is 5.79. The average Bonchev–Trinajstić information content (AvgIpc) is 3.20. The lowest BCUT2D eigenvalue weighted by Crippen LogP contribution is -2.08. The van der Waals surface area contributed by atoms with E-state index >= 15 is 0 Å². The first-order valence-electron chi connectivity index (χ1n) is 8.60. The Morgan fingerprint density at radius 2 is 2.16 bits per heavy atom. The molecule has 25 heavy (non-hydrogen) atoms. The van der Waals surface area contributed by atoms with Crippen molar-refractivity contribution in [2.24, 2.45) is 5.92 Å². The van der Waals surface area contributed by atoms with Gasteiger partial charge in [-0.15, -0.1) is 16.4 Å². The summed E-state index contributed by atoms with van der Waals surface area (Å²) in [5.74, 6) is 2.26. The fraction of sp³-hybridized carbons (Fsp3) is 0.316. The number of benzene rings is 1. The van der Waals surface area contributed by atoms with Crippen molar-refractivity contribution >= 4 is 27.2 Å². The van der Waals surface area contributed by atoms with E-state index in [4.69, 9.17) is 9.72 Å². The second kappa shape index (κ2) is 5.81. The molecule has 3 aromatic heterocycles. The van der Waals surface area contributed by atoms with Gasteiger partial charge in [0.15, 0.2) is 11.5 Å². The first-order valence-corrected chi connectivity index (χ1v) is 9.42. The van der Waals surface area contributed by atoms with E-state index in [1.165, 1.54) is 22.2 Å². The molecule has 0 fully saturated rings. The van der Waals surface area contributed by atoms with E-state index in [0.29, 0.717) is 12.4 Å². The van der Waals surface area contributed by atoms with Crippen molar-refractivity contribution in [3.05, 3.63) is 52.9 Å². The summed E-state index contributed by atoms with van der Waals surface area (Å²) in [6, 6.07) is 9.76. The van der Waals surface area contributed by atoms with Gasteiger partial charge < -0.3 is 4.74 Å². The zero-order chi connectivity index (χ0) is 16.8. The summed E-state index contributed by atoms with van der Waals surface area (Å²) in [5.41, 5.74) is 2.34. The Bertz CT molecular complexity index is 1050. The van der Waals surface area contributed by atoms with Crippen LogP contribution in [-0.2, 0) is 19.4 Å². The second-order valence-corrected chi connectivity index (χ2v) is 7.76. The zero-order valence-corrected chi connectivity index (χ0v) is 14.8. The van der Waals surface area contributed by atoms with Gasteiger partial charge in [-0.2, -0.15) is 0 Å². The SMILES string of the molecule is C[C@@H]1CCc2c(sc3ncn4nc(COc5ccccc5)nc4c23)C1. The fourth-order valence-electron chi connectivity index (χ4n) is 3.51. The van der Waals surface area contributed by atoms with Crippen LogP contribution in [0.25, 0.3) is 15.9 Å². The molecule has 5 nitrogen and oxygen atoms in total. The van der Waals surface area contributed by atoms with Crippen LogP contribution in [0.5, 0.6) is 5.75 Å². The third kappa shape index (κ3) is 2.57. The van der Waals surface area contributed by atoms with Crippen molar-refractivity contribution in [1.82, 2.24) is 19.6 Å². The molecule has 6 heteroatoms. The Morgan fingerprint density at radius 1 is 1.28 bits per heavy atom. The van der Waals surface area contributed by atoms with Crippen LogP contribution in [0, 0.1) is 5.92 Å². The van der Waals surface area contributed by atoms with Gasteiger partial charge >= 0.3 is 0 Å². The van der Waals surface area contributed by atoms with Gasteiger partial charge in [0.1, 0.15) is 23.5 Å². The van der Waals surface area contributed by atoms with Gasteiger partial charge in [0.25, 0.3) is 0 Å². The minimum Gasteiger partial charge on any atom is -0.486 e. The molecular formula is C19H18N4OS. The summed E-state index contributed by atoms with van der Waals surface area (Å²) in [5, 5.41) is 5.73. The Kier molecular flexibility index (Phi) is 3.45. The van der Waals surface area contributed by atoms with Gasteiger partial charge in [-0.05, 0) is 42.9 Å². The van der Waals surface area contributed by atoms with Crippen molar-refractivity contribution in [2.45, 2.75) is 32.8 Å². The van der Waals surface area contributed by atoms with Crippen molar-refractivity contribution < 1.29 is 4.74 Å². The van der Waals surface area contributed by atoms with Gasteiger partial charge in [-0.3, -0.25) is 0 Å². The van der Waals surface area contributed by atoms with Crippen molar-refractivity contribution in [3.8, 4) is 5.75 Å². The Hall–Kier alpha value is -2.47. The summed E-state index contributed by atoms with van der Waals surface area (Å²) in [7, 11) is 0. The summed E-state index contributed by atoms with van der Waals surface area (Å²) in [4.78, 5) is 11.9. The number of hydrogen-bond acceptors (Lipinski definition) is 5. The molecule has 0 spiro atoms. The van der Waals surface area contributed by atoms with E-state index in [2.05, 4.69) is 17.0 Å². The van der Waals surface area contributed by atoms with Crippen LogP contribution in [0.1, 0.15) is 29.6 Å². The number of aryl methyl sites for hydroxylation is 1. The quantitative estimate of drug-likeness (QED) is 0.559. The Labute approximate surface area is 149 Å². The molecule has 5 rings (SSSR count). The highest BCUT2D eigenvalue weighted by Gasteiger charge is 2.23. The number of nitrogens with zero attached hydrogens (tertiary/aromatic N) is 4. The number of rotatable bonds is 3. The molecule has 3 heterocycles. The summed E-state index contributed by atoms with van der Waals surface area (Å²) >= 11 is 1.81. The predicted molar refractivity (Wildman–Crippen MR) is 98.1 cm³/mol. The van der Waals surface area contributed by atoms with Gasteiger partial charge in [-0.1, -0.05) is 25.1 Å². The Balaban J connectivity index is 1.54. The van der Waals surface area contributed by atoms with Crippen LogP contribution in [0.2, 0.25) is 0 Å². The minimum absolute atomic E-state index is 0.358. The van der Waals surface area contributed by atoms with Crippen LogP contribution >= 0.6 is 11.3 Å². The molecule has 0 aliphatic heterocycles. The average molecular weight is 350 g/mol. The molecule has 0 saturated carbocycles. The largest absolute Gasteiger partial charge is 0.486 e. The maximum Gasteiger partial charge on any atom is 0.189 e. The molecule has 0 radical (unpaired) electrons. The summed E-state index contributed by atoms with van der Waals surface area (Å²) in [6.45, 7) is 2.68. The van der Waals surface area contributed by atoms with E-state index in [1.54, 1.807) is 10.8 Å². The van der Waals surface area contributed by atoms with Crippen molar-refractivity contribution in [3.63, 3.8) is 0 Å². The lowest BCUT2D eigenvalue weighted by molar-refractivity contribution is 0.296. The third-order valence-electron chi connectivity index (χ3n) is 4.79. The number of aromatic nitrogens is 4. The van der Waals surface area contributed by atoms with Crippen LogP contribution < -0.4 is 4.74 Å². The smallest absolute Gasteiger partial charge is 0.189 e. The number of ether oxygens (including phenoxy) is 1. The number of thiophene rings is 1. The number of para-hydroxylation sites is 1. The molecule has 0 bridgehead atoms. The first-order chi connectivity index (χ1) is 12.3. The van der Waals surface area contributed by atoms with Crippen molar-refractivity contribution in [2.75, 3.05) is 0 Å². The van der Waals surface area contributed by atoms with Gasteiger partial charge in [0, 0.05) is 4.88 Å². The zero-order valence-electron chi connectivity index (χ0n) is 14.0. The number of fused-ring (bicyclic) bond motifs is 5. The highest BCUT2D eigenvalue weighted by Crippen LogP contribution is 2.38. The summed E-state index contributed by atoms with van der Waals surface area (Å²) < 4.78 is 7.57. The molecule has 0 amide bonds. The lowest BCUT2D eigenvalue weighted by atomic mass is 9.89. The normalized spacial score (nSPS) is 17.1. The van der Waals surface area contributed by atoms with E-state index in [9.17, 15) is 0 Å². The highest BCUT2D eigenvalue weighted by atomic mass is 32.1. The van der Waals surface area contributed by atoms with Gasteiger partial charge in [-0.25, -0.2) is 14.5 Å². The molecule has 1 aromatic carbocycles. The van der Waals surface area contributed by atoms with E-state index in [1.807, 2.05) is 41.7 Å². The maximum absolute atomic E-state index is 5.79. The molecule has 0 saturated heterocycles.